The summed E-state index contributed by atoms with van der Waals surface area (Å²) in [4.78, 5) is 25.9. The quantitative estimate of drug-likeness (QED) is 0.821. The van der Waals surface area contributed by atoms with Gasteiger partial charge in [-0.15, -0.1) is 0 Å². The zero-order valence-corrected chi connectivity index (χ0v) is 12.7. The van der Waals surface area contributed by atoms with E-state index in [1.54, 1.807) is 6.07 Å². The number of carbonyl (C=O) groups is 2. The van der Waals surface area contributed by atoms with Gasteiger partial charge >= 0.3 is 0 Å². The molecule has 0 spiro atoms. The first kappa shape index (κ1) is 16.3. The van der Waals surface area contributed by atoms with Crippen molar-refractivity contribution in [1.82, 2.24) is 10.2 Å². The van der Waals surface area contributed by atoms with E-state index in [2.05, 4.69) is 5.32 Å². The zero-order valence-electron chi connectivity index (χ0n) is 12.7. The minimum Gasteiger partial charge on any atom is -0.459 e. The Hall–Kier alpha value is -3.07. The number of rotatable bonds is 6. The third-order valence-corrected chi connectivity index (χ3v) is 3.32. The Kier molecular flexibility index (Phi) is 5.53. The van der Waals surface area contributed by atoms with Gasteiger partial charge in [0.2, 0.25) is 5.91 Å². The Morgan fingerprint density at radius 1 is 1.26 bits per heavy atom. The van der Waals surface area contributed by atoms with Gasteiger partial charge in [-0.25, -0.2) is 0 Å². The molecule has 2 rings (SSSR count). The van der Waals surface area contributed by atoms with E-state index in [0.29, 0.717) is 6.42 Å². The largest absolute Gasteiger partial charge is 0.459 e. The molecule has 0 saturated heterocycles. The van der Waals surface area contributed by atoms with Crippen LogP contribution in [0.2, 0.25) is 0 Å². The Balaban J connectivity index is 2.15. The van der Waals surface area contributed by atoms with Crippen molar-refractivity contribution in [3.05, 3.63) is 60.1 Å². The lowest BCUT2D eigenvalue weighted by Crippen LogP contribution is -2.48. The summed E-state index contributed by atoms with van der Waals surface area (Å²) in [6, 6.07) is 13.6. The summed E-state index contributed by atoms with van der Waals surface area (Å²) in [5.41, 5.74) is 0.913. The number of furan rings is 1. The Morgan fingerprint density at radius 2 is 2.00 bits per heavy atom. The second kappa shape index (κ2) is 7.80. The van der Waals surface area contributed by atoms with Crippen LogP contribution in [0.15, 0.2) is 53.1 Å². The van der Waals surface area contributed by atoms with Crippen LogP contribution in [0.3, 0.4) is 0 Å². The van der Waals surface area contributed by atoms with Crippen LogP contribution in [-0.4, -0.2) is 36.3 Å². The zero-order chi connectivity index (χ0) is 16.7. The summed E-state index contributed by atoms with van der Waals surface area (Å²) in [6.07, 6.45) is 1.73. The predicted molar refractivity (Wildman–Crippen MR) is 83.4 cm³/mol. The number of hydrogen-bond donors (Lipinski definition) is 1. The second-order valence-electron chi connectivity index (χ2n) is 5.05. The molecule has 0 aliphatic heterocycles. The molecule has 6 heteroatoms. The summed E-state index contributed by atoms with van der Waals surface area (Å²) >= 11 is 0. The number of nitrogens with zero attached hydrogens (tertiary/aromatic N) is 2. The van der Waals surface area contributed by atoms with Gasteiger partial charge < -0.3 is 14.6 Å². The molecule has 0 saturated carbocycles. The number of hydrogen-bond acceptors (Lipinski definition) is 4. The van der Waals surface area contributed by atoms with E-state index in [4.69, 9.17) is 9.68 Å². The summed E-state index contributed by atoms with van der Waals surface area (Å²) in [6.45, 7) is -0.0409. The van der Waals surface area contributed by atoms with Crippen molar-refractivity contribution in [2.24, 2.45) is 0 Å². The van der Waals surface area contributed by atoms with Gasteiger partial charge in [0, 0.05) is 13.5 Å². The van der Waals surface area contributed by atoms with Crippen LogP contribution in [0.1, 0.15) is 16.1 Å². The standard InChI is InChI=1S/C17H17N3O3/c1-20(10-9-18)17(22)14(12-13-6-3-2-4-7-13)19-16(21)15-8-5-11-23-15/h2-8,11,14H,10,12H2,1H3,(H,19,21). The molecular weight excluding hydrogens is 294 g/mol. The molecule has 6 nitrogen and oxygen atoms in total. The van der Waals surface area contributed by atoms with Gasteiger partial charge in [-0.05, 0) is 17.7 Å². The second-order valence-corrected chi connectivity index (χ2v) is 5.05. The van der Waals surface area contributed by atoms with E-state index in [1.165, 1.54) is 24.3 Å². The van der Waals surface area contributed by atoms with Gasteiger partial charge in [0.15, 0.2) is 5.76 Å². The maximum atomic E-state index is 12.5. The Morgan fingerprint density at radius 3 is 2.61 bits per heavy atom. The van der Waals surface area contributed by atoms with E-state index in [0.717, 1.165) is 5.56 Å². The fraction of sp³-hybridized carbons (Fsp3) is 0.235. The van der Waals surface area contributed by atoms with Crippen LogP contribution < -0.4 is 5.32 Å². The molecule has 1 N–H and O–H groups in total. The Bertz CT molecular complexity index is 690. The lowest BCUT2D eigenvalue weighted by molar-refractivity contribution is -0.131. The van der Waals surface area contributed by atoms with Gasteiger partial charge in [-0.2, -0.15) is 5.26 Å². The number of amides is 2. The van der Waals surface area contributed by atoms with Crippen LogP contribution in [-0.2, 0) is 11.2 Å². The van der Waals surface area contributed by atoms with E-state index in [9.17, 15) is 9.59 Å². The molecular formula is C17H17N3O3. The molecule has 1 unspecified atom stereocenters. The van der Waals surface area contributed by atoms with Crippen molar-refractivity contribution < 1.29 is 14.0 Å². The number of carbonyl (C=O) groups excluding carboxylic acids is 2. The minimum atomic E-state index is -0.770. The molecule has 1 atom stereocenters. The highest BCUT2D eigenvalue weighted by molar-refractivity contribution is 5.95. The number of benzene rings is 1. The Labute approximate surface area is 134 Å². The molecule has 0 radical (unpaired) electrons. The average molecular weight is 311 g/mol. The molecule has 23 heavy (non-hydrogen) atoms. The van der Waals surface area contributed by atoms with Crippen LogP contribution in [0, 0.1) is 11.3 Å². The van der Waals surface area contributed by atoms with Gasteiger partial charge in [-0.3, -0.25) is 9.59 Å². The highest BCUT2D eigenvalue weighted by atomic mass is 16.3. The molecule has 1 aromatic carbocycles. The lowest BCUT2D eigenvalue weighted by Gasteiger charge is -2.22. The van der Waals surface area contributed by atoms with Crippen LogP contribution in [0.4, 0.5) is 0 Å². The molecule has 2 amide bonds. The molecule has 1 heterocycles. The summed E-state index contributed by atoms with van der Waals surface area (Å²) in [5.74, 6) is -0.649. The van der Waals surface area contributed by atoms with Gasteiger partial charge in [0.05, 0.1) is 12.3 Å². The maximum absolute atomic E-state index is 12.5. The first-order valence-corrected chi connectivity index (χ1v) is 7.12. The average Bonchev–Trinajstić information content (AvgIpc) is 3.09. The lowest BCUT2D eigenvalue weighted by atomic mass is 10.0. The summed E-state index contributed by atoms with van der Waals surface area (Å²) < 4.78 is 5.04. The first-order valence-electron chi connectivity index (χ1n) is 7.12. The highest BCUT2D eigenvalue weighted by Crippen LogP contribution is 2.07. The van der Waals surface area contributed by atoms with Crippen molar-refractivity contribution in [3.63, 3.8) is 0 Å². The summed E-state index contributed by atoms with van der Waals surface area (Å²) in [7, 11) is 1.53. The maximum Gasteiger partial charge on any atom is 0.287 e. The number of nitrogens with one attached hydrogen (secondary N) is 1. The first-order chi connectivity index (χ1) is 11.1. The van der Waals surface area contributed by atoms with E-state index in [1.807, 2.05) is 36.4 Å². The van der Waals surface area contributed by atoms with Crippen LogP contribution >= 0.6 is 0 Å². The van der Waals surface area contributed by atoms with Gasteiger partial charge in [0.25, 0.3) is 5.91 Å². The normalized spacial score (nSPS) is 11.3. The molecule has 118 valence electrons. The van der Waals surface area contributed by atoms with Crippen molar-refractivity contribution in [1.29, 1.82) is 5.26 Å². The van der Waals surface area contributed by atoms with Crippen LogP contribution in [0.25, 0.3) is 0 Å². The van der Waals surface area contributed by atoms with Crippen molar-refractivity contribution in [2.75, 3.05) is 13.6 Å². The van der Waals surface area contributed by atoms with E-state index < -0.39 is 11.9 Å². The third kappa shape index (κ3) is 4.45. The highest BCUT2D eigenvalue weighted by Gasteiger charge is 2.25. The predicted octanol–water partition coefficient (Wildman–Crippen LogP) is 1.60. The van der Waals surface area contributed by atoms with Crippen molar-refractivity contribution in [2.45, 2.75) is 12.5 Å². The van der Waals surface area contributed by atoms with Crippen molar-refractivity contribution >= 4 is 11.8 Å². The minimum absolute atomic E-state index is 0.0409. The topological polar surface area (TPSA) is 86.3 Å². The number of likely N-dealkylation sites (N-methyl/N-ethyl adjacent to an activating group) is 1. The fourth-order valence-corrected chi connectivity index (χ4v) is 2.14. The molecule has 2 aromatic rings. The molecule has 0 fully saturated rings. The van der Waals surface area contributed by atoms with Crippen molar-refractivity contribution in [3.8, 4) is 6.07 Å². The molecule has 0 bridgehead atoms. The van der Waals surface area contributed by atoms with Crippen LogP contribution in [0.5, 0.6) is 0 Å². The molecule has 0 aliphatic carbocycles. The smallest absolute Gasteiger partial charge is 0.287 e. The molecule has 1 aromatic heterocycles. The van der Waals surface area contributed by atoms with E-state index in [-0.39, 0.29) is 18.2 Å². The third-order valence-electron chi connectivity index (χ3n) is 3.32. The van der Waals surface area contributed by atoms with Gasteiger partial charge in [0.1, 0.15) is 12.6 Å². The van der Waals surface area contributed by atoms with E-state index >= 15 is 0 Å². The SMILES string of the molecule is CN(CC#N)C(=O)C(Cc1ccccc1)NC(=O)c1ccco1. The molecule has 0 aliphatic rings. The fourth-order valence-electron chi connectivity index (χ4n) is 2.14. The van der Waals surface area contributed by atoms with Gasteiger partial charge in [-0.1, -0.05) is 30.3 Å². The summed E-state index contributed by atoms with van der Waals surface area (Å²) in [5, 5.41) is 11.4. The monoisotopic (exact) mass is 311 g/mol. The number of nitriles is 1.